The molecule has 1 N–H and O–H groups in total. The first-order valence-electron chi connectivity index (χ1n) is 8.47. The largest absolute Gasteiger partial charge is 0.494 e. The number of aryl methyl sites for hydroxylation is 1. The van der Waals surface area contributed by atoms with Crippen LogP contribution in [0.2, 0.25) is 0 Å². The average molecular weight is 356 g/mol. The first-order valence-corrected chi connectivity index (χ1v) is 8.47. The second-order valence-corrected chi connectivity index (χ2v) is 5.86. The molecule has 0 aliphatic carbocycles. The fourth-order valence-electron chi connectivity index (χ4n) is 2.62. The predicted octanol–water partition coefficient (Wildman–Crippen LogP) is 2.94. The standard InChI is InChI=1S/C19H21FN4O2/c1-23-19(24-11-3-4-12-24)17(14-22-23)18(25)21-10-2-5-13-26-16-8-6-15(20)7-9-16/h3-4,6-9,11-12,14H,2,5,10,13H2,1H3,(H,21,25). The first kappa shape index (κ1) is 17.7. The van der Waals surface area contributed by atoms with Gasteiger partial charge < -0.3 is 14.6 Å². The van der Waals surface area contributed by atoms with E-state index in [0.29, 0.717) is 24.5 Å². The zero-order chi connectivity index (χ0) is 18.4. The molecule has 3 aromatic rings. The highest BCUT2D eigenvalue weighted by molar-refractivity contribution is 5.97. The number of carbonyl (C=O) groups excluding carboxylic acids is 1. The number of nitrogens with zero attached hydrogens (tertiary/aromatic N) is 3. The highest BCUT2D eigenvalue weighted by atomic mass is 19.1. The van der Waals surface area contributed by atoms with Crippen molar-refractivity contribution < 1.29 is 13.9 Å². The van der Waals surface area contributed by atoms with Crippen LogP contribution in [0.4, 0.5) is 4.39 Å². The molecule has 0 spiro atoms. The SMILES string of the molecule is Cn1ncc(C(=O)NCCCCOc2ccc(F)cc2)c1-n1cccc1. The molecule has 3 rings (SSSR count). The van der Waals surface area contributed by atoms with E-state index in [-0.39, 0.29) is 11.7 Å². The minimum absolute atomic E-state index is 0.152. The van der Waals surface area contributed by atoms with Gasteiger partial charge in [0.15, 0.2) is 0 Å². The number of hydrogen-bond donors (Lipinski definition) is 1. The van der Waals surface area contributed by atoms with E-state index in [0.717, 1.165) is 18.7 Å². The van der Waals surface area contributed by atoms with E-state index < -0.39 is 0 Å². The Kier molecular flexibility index (Phi) is 5.68. The van der Waals surface area contributed by atoms with Gasteiger partial charge in [0.05, 0.1) is 12.8 Å². The van der Waals surface area contributed by atoms with E-state index in [4.69, 9.17) is 4.74 Å². The van der Waals surface area contributed by atoms with Gasteiger partial charge in [0.25, 0.3) is 5.91 Å². The van der Waals surface area contributed by atoms with Gasteiger partial charge in [-0.1, -0.05) is 0 Å². The molecule has 0 unspecified atom stereocenters. The molecule has 0 fully saturated rings. The minimum Gasteiger partial charge on any atom is -0.494 e. The van der Waals surface area contributed by atoms with Crippen molar-refractivity contribution in [3.05, 3.63) is 66.4 Å². The molecule has 2 aromatic heterocycles. The van der Waals surface area contributed by atoms with Crippen LogP contribution >= 0.6 is 0 Å². The summed E-state index contributed by atoms with van der Waals surface area (Å²) in [5.41, 5.74) is 0.534. The molecule has 0 saturated carbocycles. The highest BCUT2D eigenvalue weighted by Crippen LogP contribution is 2.14. The third kappa shape index (κ3) is 4.30. The summed E-state index contributed by atoms with van der Waals surface area (Å²) in [5.74, 6) is 0.935. The van der Waals surface area contributed by atoms with Crippen LogP contribution in [0.25, 0.3) is 5.82 Å². The van der Waals surface area contributed by atoms with E-state index >= 15 is 0 Å². The molecule has 0 aliphatic rings. The lowest BCUT2D eigenvalue weighted by molar-refractivity contribution is 0.0952. The molecule has 0 radical (unpaired) electrons. The van der Waals surface area contributed by atoms with E-state index in [1.165, 1.54) is 12.1 Å². The monoisotopic (exact) mass is 356 g/mol. The number of aromatic nitrogens is 3. The topological polar surface area (TPSA) is 61.1 Å². The minimum atomic E-state index is -0.283. The molecule has 136 valence electrons. The van der Waals surface area contributed by atoms with Gasteiger partial charge in [0.1, 0.15) is 22.9 Å². The molecule has 1 amide bonds. The maximum absolute atomic E-state index is 12.8. The highest BCUT2D eigenvalue weighted by Gasteiger charge is 2.16. The summed E-state index contributed by atoms with van der Waals surface area (Å²) in [6, 6.07) is 9.73. The molecule has 0 atom stereocenters. The number of nitrogens with one attached hydrogen (secondary N) is 1. The van der Waals surface area contributed by atoms with Gasteiger partial charge in [-0.3, -0.25) is 9.48 Å². The molecule has 7 heteroatoms. The summed E-state index contributed by atoms with van der Waals surface area (Å²) in [6.45, 7) is 1.06. The van der Waals surface area contributed by atoms with Crippen molar-refractivity contribution in [3.8, 4) is 11.6 Å². The Labute approximate surface area is 151 Å². The van der Waals surface area contributed by atoms with Crippen LogP contribution in [0.3, 0.4) is 0 Å². The average Bonchev–Trinajstić information content (AvgIpc) is 3.28. The van der Waals surface area contributed by atoms with Gasteiger partial charge in [-0.25, -0.2) is 4.39 Å². The fourth-order valence-corrected chi connectivity index (χ4v) is 2.62. The number of ether oxygens (including phenoxy) is 1. The number of halogens is 1. The Morgan fingerprint density at radius 3 is 2.65 bits per heavy atom. The Hall–Kier alpha value is -3.09. The molecule has 1 aromatic carbocycles. The van der Waals surface area contributed by atoms with Crippen molar-refractivity contribution in [2.45, 2.75) is 12.8 Å². The van der Waals surface area contributed by atoms with Gasteiger partial charge in [0, 0.05) is 26.0 Å². The number of hydrogen-bond acceptors (Lipinski definition) is 3. The zero-order valence-electron chi connectivity index (χ0n) is 14.6. The van der Waals surface area contributed by atoms with Crippen LogP contribution in [0, 0.1) is 5.82 Å². The van der Waals surface area contributed by atoms with Gasteiger partial charge in [0.2, 0.25) is 0 Å². The van der Waals surface area contributed by atoms with Crippen molar-refractivity contribution in [2.24, 2.45) is 7.05 Å². The van der Waals surface area contributed by atoms with Gasteiger partial charge in [-0.15, -0.1) is 0 Å². The molecule has 26 heavy (non-hydrogen) atoms. The van der Waals surface area contributed by atoms with Gasteiger partial charge in [-0.05, 0) is 49.2 Å². The van der Waals surface area contributed by atoms with Crippen LogP contribution in [0.15, 0.2) is 55.0 Å². The van der Waals surface area contributed by atoms with E-state index in [9.17, 15) is 9.18 Å². The molecule has 0 aliphatic heterocycles. The molecular formula is C19H21FN4O2. The third-order valence-corrected chi connectivity index (χ3v) is 3.94. The Morgan fingerprint density at radius 1 is 1.19 bits per heavy atom. The predicted molar refractivity (Wildman–Crippen MR) is 96.0 cm³/mol. The summed E-state index contributed by atoms with van der Waals surface area (Å²) in [4.78, 5) is 12.4. The number of unbranched alkanes of at least 4 members (excludes halogenated alkanes) is 1. The maximum Gasteiger partial charge on any atom is 0.256 e. The molecule has 0 saturated heterocycles. The number of rotatable bonds is 8. The molecular weight excluding hydrogens is 335 g/mol. The second kappa shape index (κ2) is 8.33. The van der Waals surface area contributed by atoms with Gasteiger partial charge in [-0.2, -0.15) is 5.10 Å². The van der Waals surface area contributed by atoms with E-state index in [2.05, 4.69) is 10.4 Å². The zero-order valence-corrected chi connectivity index (χ0v) is 14.6. The summed E-state index contributed by atoms with van der Waals surface area (Å²) in [5, 5.41) is 7.09. The lowest BCUT2D eigenvalue weighted by Gasteiger charge is -2.09. The smallest absolute Gasteiger partial charge is 0.256 e. The first-order chi connectivity index (χ1) is 12.6. The lowest BCUT2D eigenvalue weighted by Crippen LogP contribution is -2.25. The van der Waals surface area contributed by atoms with Crippen LogP contribution < -0.4 is 10.1 Å². The third-order valence-electron chi connectivity index (χ3n) is 3.94. The number of amides is 1. The van der Waals surface area contributed by atoms with Crippen LogP contribution in [-0.2, 0) is 7.05 Å². The Balaban J connectivity index is 1.43. The van der Waals surface area contributed by atoms with E-state index in [1.54, 1.807) is 30.1 Å². The lowest BCUT2D eigenvalue weighted by atomic mass is 10.2. The molecule has 2 heterocycles. The Bertz CT molecular complexity index is 841. The summed E-state index contributed by atoms with van der Waals surface area (Å²) in [7, 11) is 1.80. The van der Waals surface area contributed by atoms with Crippen LogP contribution in [0.1, 0.15) is 23.2 Å². The molecule has 0 bridgehead atoms. The maximum atomic E-state index is 12.8. The van der Waals surface area contributed by atoms with Crippen LogP contribution in [-0.4, -0.2) is 33.4 Å². The quantitative estimate of drug-likeness (QED) is 0.631. The van der Waals surface area contributed by atoms with Crippen molar-refractivity contribution in [2.75, 3.05) is 13.2 Å². The van der Waals surface area contributed by atoms with Crippen molar-refractivity contribution in [1.82, 2.24) is 19.7 Å². The fraction of sp³-hybridized carbons (Fsp3) is 0.263. The van der Waals surface area contributed by atoms with Gasteiger partial charge >= 0.3 is 0 Å². The Morgan fingerprint density at radius 2 is 1.92 bits per heavy atom. The molecule has 6 nitrogen and oxygen atoms in total. The van der Waals surface area contributed by atoms with Crippen molar-refractivity contribution >= 4 is 5.91 Å². The van der Waals surface area contributed by atoms with E-state index in [1.807, 2.05) is 29.1 Å². The van der Waals surface area contributed by atoms with Crippen molar-refractivity contribution in [1.29, 1.82) is 0 Å². The number of carbonyl (C=O) groups is 1. The van der Waals surface area contributed by atoms with Crippen LogP contribution in [0.5, 0.6) is 5.75 Å². The second-order valence-electron chi connectivity index (χ2n) is 5.86. The summed E-state index contributed by atoms with van der Waals surface area (Å²) >= 11 is 0. The van der Waals surface area contributed by atoms with Crippen molar-refractivity contribution in [3.63, 3.8) is 0 Å². The number of benzene rings is 1. The normalized spacial score (nSPS) is 10.7. The summed E-state index contributed by atoms with van der Waals surface area (Å²) in [6.07, 6.45) is 6.89. The summed E-state index contributed by atoms with van der Waals surface area (Å²) < 4.78 is 21.9.